The third-order valence-corrected chi connectivity index (χ3v) is 7.43. The van der Waals surface area contributed by atoms with Crippen molar-refractivity contribution in [1.82, 2.24) is 15.3 Å². The van der Waals surface area contributed by atoms with Gasteiger partial charge in [0, 0.05) is 25.0 Å². The molecule has 6 nitrogen and oxygen atoms in total. The van der Waals surface area contributed by atoms with Gasteiger partial charge in [-0.2, -0.15) is 0 Å². The lowest BCUT2D eigenvalue weighted by atomic mass is 9.90. The quantitative estimate of drug-likeness (QED) is 0.451. The maximum atomic E-state index is 14.9. The number of aromatic nitrogens is 2. The Morgan fingerprint density at radius 2 is 1.91 bits per heavy atom. The number of ether oxygens (including phenoxy) is 1. The van der Waals surface area contributed by atoms with Crippen LogP contribution in [0.5, 0.6) is 0 Å². The molecule has 1 N–H and O–H groups in total. The molecule has 3 atom stereocenters. The molecule has 33 heavy (non-hydrogen) atoms. The Hall–Kier alpha value is -2.75. The van der Waals surface area contributed by atoms with Crippen molar-refractivity contribution in [2.24, 2.45) is 11.8 Å². The van der Waals surface area contributed by atoms with Gasteiger partial charge in [-0.1, -0.05) is 48.5 Å². The van der Waals surface area contributed by atoms with E-state index in [9.17, 15) is 9.18 Å². The number of piperidine rings is 1. The van der Waals surface area contributed by atoms with E-state index in [1.54, 1.807) is 18.5 Å². The van der Waals surface area contributed by atoms with Gasteiger partial charge >= 0.3 is 6.09 Å². The molecule has 2 fully saturated rings. The number of nitrogens with one attached hydrogen (secondary N) is 1. The van der Waals surface area contributed by atoms with Crippen LogP contribution in [-0.2, 0) is 16.8 Å². The zero-order valence-electron chi connectivity index (χ0n) is 18.0. The van der Waals surface area contributed by atoms with Crippen molar-refractivity contribution in [3.63, 3.8) is 0 Å². The second-order valence-corrected chi connectivity index (χ2v) is 9.69. The Balaban J connectivity index is 1.31. The number of alkyl carbamates (subject to hydrolysis) is 1. The zero-order chi connectivity index (χ0) is 22.8. The van der Waals surface area contributed by atoms with Gasteiger partial charge < -0.3 is 15.0 Å². The number of hydrogen-bond acceptors (Lipinski definition) is 5. The van der Waals surface area contributed by atoms with Crippen LogP contribution >= 0.6 is 22.6 Å². The summed E-state index contributed by atoms with van der Waals surface area (Å²) in [7, 11) is 0. The van der Waals surface area contributed by atoms with E-state index in [0.29, 0.717) is 12.1 Å². The van der Waals surface area contributed by atoms with Crippen LogP contribution in [0.25, 0.3) is 0 Å². The third kappa shape index (κ3) is 4.40. The molecule has 5 rings (SSSR count). The lowest BCUT2D eigenvalue weighted by Crippen LogP contribution is -2.36. The fraction of sp³-hybridized carbons (Fsp3) is 0.320. The fourth-order valence-electron chi connectivity index (χ4n) is 5.24. The Morgan fingerprint density at radius 3 is 2.67 bits per heavy atom. The van der Waals surface area contributed by atoms with Gasteiger partial charge in [0.1, 0.15) is 21.9 Å². The van der Waals surface area contributed by atoms with E-state index in [1.807, 2.05) is 42.5 Å². The Morgan fingerprint density at radius 1 is 1.12 bits per heavy atom. The van der Waals surface area contributed by atoms with Gasteiger partial charge in [-0.3, -0.25) is 0 Å². The molecule has 2 aliphatic rings. The van der Waals surface area contributed by atoms with Crippen LogP contribution in [0.1, 0.15) is 17.5 Å². The van der Waals surface area contributed by atoms with Crippen molar-refractivity contribution in [3.05, 3.63) is 87.6 Å². The minimum atomic E-state index is -0.487. The molecule has 2 heterocycles. The topological polar surface area (TPSA) is 67.4 Å². The van der Waals surface area contributed by atoms with Gasteiger partial charge in [0.15, 0.2) is 0 Å². The van der Waals surface area contributed by atoms with Crippen molar-refractivity contribution in [1.29, 1.82) is 0 Å². The number of rotatable bonds is 6. The lowest BCUT2D eigenvalue weighted by molar-refractivity contribution is 0.138. The monoisotopic (exact) mass is 558 g/mol. The van der Waals surface area contributed by atoms with Crippen LogP contribution in [0.2, 0.25) is 0 Å². The van der Waals surface area contributed by atoms with Crippen molar-refractivity contribution in [3.8, 4) is 0 Å². The van der Waals surface area contributed by atoms with Crippen molar-refractivity contribution >= 4 is 34.5 Å². The van der Waals surface area contributed by atoms with Crippen molar-refractivity contribution in [2.75, 3.05) is 24.5 Å². The minimum absolute atomic E-state index is 0.200. The Labute approximate surface area is 205 Å². The summed E-state index contributed by atoms with van der Waals surface area (Å²) >= 11 is 2.14. The van der Waals surface area contributed by atoms with Crippen LogP contribution in [0.3, 0.4) is 0 Å². The largest absolute Gasteiger partial charge is 0.445 e. The number of carbonyl (C=O) groups excluding carboxylic acids is 1. The Bertz CT molecular complexity index is 1130. The first kappa shape index (κ1) is 22.1. The van der Waals surface area contributed by atoms with E-state index in [-0.39, 0.29) is 24.3 Å². The number of amides is 1. The third-order valence-electron chi connectivity index (χ3n) is 6.87. The SMILES string of the molecule is O=C(NC[C@]1(c2ccccc2F)[C@@H]2CCN(c3cnc(I)cn3)C[C@@H]21)OCc1ccccc1. The normalized spacial score (nSPS) is 23.5. The van der Waals surface area contributed by atoms with E-state index in [2.05, 4.69) is 42.8 Å². The molecule has 1 saturated heterocycles. The molecule has 2 aromatic carbocycles. The van der Waals surface area contributed by atoms with Crippen LogP contribution < -0.4 is 10.2 Å². The number of carbonyl (C=O) groups is 1. The first-order valence-electron chi connectivity index (χ1n) is 11.0. The van der Waals surface area contributed by atoms with E-state index in [1.165, 1.54) is 6.07 Å². The molecular formula is C25H24FIN4O2. The smallest absolute Gasteiger partial charge is 0.407 e. The van der Waals surface area contributed by atoms with Crippen LogP contribution in [0.15, 0.2) is 67.0 Å². The average Bonchev–Trinajstić information content (AvgIpc) is 3.50. The summed E-state index contributed by atoms with van der Waals surface area (Å²) in [6, 6.07) is 16.5. The number of hydrogen-bond donors (Lipinski definition) is 1. The number of anilines is 1. The summed E-state index contributed by atoms with van der Waals surface area (Å²) in [4.78, 5) is 23.6. The summed E-state index contributed by atoms with van der Waals surface area (Å²) < 4.78 is 21.2. The van der Waals surface area contributed by atoms with Crippen LogP contribution in [0, 0.1) is 21.4 Å². The second-order valence-electron chi connectivity index (χ2n) is 8.58. The number of fused-ring (bicyclic) bond motifs is 1. The summed E-state index contributed by atoms with van der Waals surface area (Å²) in [6.07, 6.45) is 3.95. The standard InChI is InChI=1S/C25H24FIN4O2/c26-21-9-5-4-8-19(21)25(16-30-24(32)33-15-17-6-2-1-3-7-17)18-10-11-31(14-20(18)25)23-13-28-22(27)12-29-23/h1-9,12-13,18,20H,10-11,14-16H2,(H,30,32)/t18-,20+,25-/m1/s1. The molecule has 1 saturated carbocycles. The maximum absolute atomic E-state index is 14.9. The molecule has 1 aliphatic heterocycles. The lowest BCUT2D eigenvalue weighted by Gasteiger charge is -2.26. The van der Waals surface area contributed by atoms with E-state index in [4.69, 9.17) is 4.74 Å². The molecule has 1 aliphatic carbocycles. The van der Waals surface area contributed by atoms with Crippen molar-refractivity contribution < 1.29 is 13.9 Å². The molecule has 3 aromatic rings. The fourth-order valence-corrected chi connectivity index (χ4v) is 5.52. The summed E-state index contributed by atoms with van der Waals surface area (Å²) in [5.74, 6) is 1.10. The number of nitrogens with zero attached hydrogens (tertiary/aromatic N) is 3. The first-order valence-corrected chi connectivity index (χ1v) is 12.1. The van der Waals surface area contributed by atoms with E-state index >= 15 is 0 Å². The molecule has 0 unspecified atom stereocenters. The van der Waals surface area contributed by atoms with Crippen LogP contribution in [0.4, 0.5) is 15.0 Å². The van der Waals surface area contributed by atoms with Crippen LogP contribution in [-0.4, -0.2) is 35.7 Å². The van der Waals surface area contributed by atoms with Gasteiger partial charge in [-0.15, -0.1) is 0 Å². The highest BCUT2D eigenvalue weighted by Gasteiger charge is 2.67. The minimum Gasteiger partial charge on any atom is -0.445 e. The maximum Gasteiger partial charge on any atom is 0.407 e. The molecule has 8 heteroatoms. The summed E-state index contributed by atoms with van der Waals surface area (Å²) in [6.45, 7) is 2.11. The van der Waals surface area contributed by atoms with Gasteiger partial charge in [-0.05, 0) is 58.0 Å². The highest BCUT2D eigenvalue weighted by Crippen LogP contribution is 2.63. The number of benzene rings is 2. The molecule has 170 valence electrons. The highest BCUT2D eigenvalue weighted by atomic mass is 127. The molecule has 0 bridgehead atoms. The summed E-state index contributed by atoms with van der Waals surface area (Å²) in [5, 5.41) is 2.92. The number of halogens is 2. The second kappa shape index (κ2) is 9.24. The first-order chi connectivity index (χ1) is 16.1. The summed E-state index contributed by atoms with van der Waals surface area (Å²) in [5.41, 5.74) is 1.13. The van der Waals surface area contributed by atoms with E-state index < -0.39 is 11.5 Å². The van der Waals surface area contributed by atoms with Gasteiger partial charge in [0.05, 0.1) is 12.4 Å². The molecule has 1 amide bonds. The van der Waals surface area contributed by atoms with Gasteiger partial charge in [0.25, 0.3) is 0 Å². The van der Waals surface area contributed by atoms with Gasteiger partial charge in [0.2, 0.25) is 0 Å². The molecule has 1 aromatic heterocycles. The molecule has 0 radical (unpaired) electrons. The predicted octanol–water partition coefficient (Wildman–Crippen LogP) is 4.54. The van der Waals surface area contributed by atoms with E-state index in [0.717, 1.165) is 34.6 Å². The molecular weight excluding hydrogens is 534 g/mol. The zero-order valence-corrected chi connectivity index (χ0v) is 20.1. The van der Waals surface area contributed by atoms with Crippen molar-refractivity contribution in [2.45, 2.75) is 18.4 Å². The highest BCUT2D eigenvalue weighted by molar-refractivity contribution is 14.1. The van der Waals surface area contributed by atoms with Gasteiger partial charge in [-0.25, -0.2) is 19.2 Å². The Kier molecular flexibility index (Phi) is 6.18. The molecule has 0 spiro atoms. The average molecular weight is 558 g/mol. The predicted molar refractivity (Wildman–Crippen MR) is 131 cm³/mol.